The second-order valence-corrected chi connectivity index (χ2v) is 9.17. The maximum atomic E-state index is 12.3. The summed E-state index contributed by atoms with van der Waals surface area (Å²) in [5.41, 5.74) is 4.28. The summed E-state index contributed by atoms with van der Waals surface area (Å²) in [5.74, 6) is -0.339. The smallest absolute Gasteiger partial charge is 0.410 e. The van der Waals surface area contributed by atoms with Crippen LogP contribution in [0.25, 0.3) is 16.6 Å². The predicted molar refractivity (Wildman–Crippen MR) is 127 cm³/mol. The fourth-order valence-corrected chi connectivity index (χ4v) is 3.87. The summed E-state index contributed by atoms with van der Waals surface area (Å²) >= 11 is 0. The first-order valence-corrected chi connectivity index (χ1v) is 11.0. The van der Waals surface area contributed by atoms with Crippen LogP contribution in [-0.4, -0.2) is 52.3 Å². The number of fused-ring (bicyclic) bond motifs is 1. The number of rotatable bonds is 4. The van der Waals surface area contributed by atoms with Crippen molar-refractivity contribution in [2.45, 2.75) is 39.3 Å². The summed E-state index contributed by atoms with van der Waals surface area (Å²) in [6, 6.07) is 11.6. The Morgan fingerprint density at radius 2 is 1.88 bits per heavy atom. The number of carbonyl (C=O) groups excluding carboxylic acids is 2. The first-order chi connectivity index (χ1) is 15.7. The van der Waals surface area contributed by atoms with Crippen LogP contribution >= 0.6 is 0 Å². The second kappa shape index (κ2) is 9.10. The number of esters is 1. The standard InChI is InChI=1S/C26H29N3O4/c1-26(2,3)33-25(31)28-12-9-19(10-13-28)22-15-21-11-14-29(23(21)27-16-22)17-18-5-7-20(8-6-18)24(30)32-4/h5-9,11,14-16H,10,12-13,17H2,1-4H3. The highest BCUT2D eigenvalue weighted by Crippen LogP contribution is 2.26. The molecule has 0 radical (unpaired) electrons. The van der Waals surface area contributed by atoms with Crippen LogP contribution in [0.1, 0.15) is 48.7 Å². The lowest BCUT2D eigenvalue weighted by molar-refractivity contribution is 0.0270. The Bertz CT molecular complexity index is 1200. The van der Waals surface area contributed by atoms with Gasteiger partial charge >= 0.3 is 12.1 Å². The first kappa shape index (κ1) is 22.6. The molecule has 3 heterocycles. The van der Waals surface area contributed by atoms with Gasteiger partial charge in [-0.3, -0.25) is 0 Å². The summed E-state index contributed by atoms with van der Waals surface area (Å²) < 4.78 is 12.3. The summed E-state index contributed by atoms with van der Waals surface area (Å²) in [6.45, 7) is 7.44. The summed E-state index contributed by atoms with van der Waals surface area (Å²) in [4.78, 5) is 30.3. The highest BCUT2D eigenvalue weighted by Gasteiger charge is 2.24. The first-order valence-electron chi connectivity index (χ1n) is 11.0. The zero-order valence-electron chi connectivity index (χ0n) is 19.5. The third-order valence-corrected chi connectivity index (χ3v) is 5.56. The molecule has 1 aromatic carbocycles. The Labute approximate surface area is 193 Å². The lowest BCUT2D eigenvalue weighted by atomic mass is 10.0. The Morgan fingerprint density at radius 1 is 1.12 bits per heavy atom. The Kier molecular flexibility index (Phi) is 6.22. The molecule has 3 aromatic rings. The van der Waals surface area contributed by atoms with Gasteiger partial charge in [0, 0.05) is 37.4 Å². The molecule has 33 heavy (non-hydrogen) atoms. The molecule has 0 unspecified atom stereocenters. The number of aromatic nitrogens is 2. The lowest BCUT2D eigenvalue weighted by Crippen LogP contribution is -2.39. The van der Waals surface area contributed by atoms with Crippen molar-refractivity contribution in [2.24, 2.45) is 0 Å². The maximum Gasteiger partial charge on any atom is 0.410 e. The number of hydrogen-bond donors (Lipinski definition) is 0. The van der Waals surface area contributed by atoms with Crippen molar-refractivity contribution in [1.29, 1.82) is 0 Å². The monoisotopic (exact) mass is 447 g/mol. The average Bonchev–Trinajstić information content (AvgIpc) is 3.20. The minimum Gasteiger partial charge on any atom is -0.465 e. The fraction of sp³-hybridized carbons (Fsp3) is 0.346. The molecule has 1 amide bonds. The van der Waals surface area contributed by atoms with Crippen molar-refractivity contribution in [3.05, 3.63) is 71.6 Å². The van der Waals surface area contributed by atoms with Gasteiger partial charge in [0.15, 0.2) is 0 Å². The molecule has 0 N–H and O–H groups in total. The number of benzene rings is 1. The fourth-order valence-electron chi connectivity index (χ4n) is 3.87. The number of ether oxygens (including phenoxy) is 2. The van der Waals surface area contributed by atoms with E-state index in [4.69, 9.17) is 14.5 Å². The topological polar surface area (TPSA) is 73.7 Å². The van der Waals surface area contributed by atoms with Gasteiger partial charge in [0.25, 0.3) is 0 Å². The highest BCUT2D eigenvalue weighted by molar-refractivity contribution is 5.89. The largest absolute Gasteiger partial charge is 0.465 e. The third-order valence-electron chi connectivity index (χ3n) is 5.56. The van der Waals surface area contributed by atoms with E-state index in [1.165, 1.54) is 12.7 Å². The van der Waals surface area contributed by atoms with Crippen LogP contribution in [0.3, 0.4) is 0 Å². The Balaban J connectivity index is 1.46. The van der Waals surface area contributed by atoms with E-state index >= 15 is 0 Å². The highest BCUT2D eigenvalue weighted by atomic mass is 16.6. The normalized spacial score (nSPS) is 14.2. The second-order valence-electron chi connectivity index (χ2n) is 9.17. The van der Waals surface area contributed by atoms with Crippen LogP contribution in [0, 0.1) is 0 Å². The van der Waals surface area contributed by atoms with Gasteiger partial charge in [-0.25, -0.2) is 14.6 Å². The van der Waals surface area contributed by atoms with Crippen LogP contribution in [0.4, 0.5) is 4.79 Å². The molecule has 1 aliphatic rings. The van der Waals surface area contributed by atoms with Crippen LogP contribution in [0.2, 0.25) is 0 Å². The minimum absolute atomic E-state index is 0.275. The van der Waals surface area contributed by atoms with Gasteiger partial charge in [-0.2, -0.15) is 0 Å². The van der Waals surface area contributed by atoms with Crippen LogP contribution in [0.5, 0.6) is 0 Å². The molecule has 0 spiro atoms. The van der Waals surface area contributed by atoms with Crippen molar-refractivity contribution in [3.8, 4) is 0 Å². The number of amides is 1. The Morgan fingerprint density at radius 3 is 2.52 bits per heavy atom. The van der Waals surface area contributed by atoms with Crippen molar-refractivity contribution in [3.63, 3.8) is 0 Å². The molecule has 0 atom stereocenters. The zero-order valence-corrected chi connectivity index (χ0v) is 19.5. The van der Waals surface area contributed by atoms with E-state index in [1.54, 1.807) is 17.0 Å². The van der Waals surface area contributed by atoms with Gasteiger partial charge in [-0.05, 0) is 68.2 Å². The molecular weight excluding hydrogens is 418 g/mol. The number of methoxy groups -OCH3 is 1. The number of carbonyl (C=O) groups is 2. The lowest BCUT2D eigenvalue weighted by Gasteiger charge is -2.29. The number of nitrogens with zero attached hydrogens (tertiary/aromatic N) is 3. The van der Waals surface area contributed by atoms with E-state index < -0.39 is 5.60 Å². The molecular formula is C26H29N3O4. The van der Waals surface area contributed by atoms with Crippen LogP contribution in [0.15, 0.2) is 54.9 Å². The van der Waals surface area contributed by atoms with Crippen molar-refractivity contribution in [1.82, 2.24) is 14.5 Å². The maximum absolute atomic E-state index is 12.3. The third kappa shape index (κ3) is 5.25. The van der Waals surface area contributed by atoms with Gasteiger partial charge in [0.1, 0.15) is 11.2 Å². The Hall–Kier alpha value is -3.61. The summed E-state index contributed by atoms with van der Waals surface area (Å²) in [5, 5.41) is 1.06. The van der Waals surface area contributed by atoms with E-state index in [0.29, 0.717) is 25.2 Å². The van der Waals surface area contributed by atoms with E-state index in [2.05, 4.69) is 22.8 Å². The van der Waals surface area contributed by atoms with Crippen LogP contribution < -0.4 is 0 Å². The molecule has 2 aromatic heterocycles. The van der Waals surface area contributed by atoms with Crippen molar-refractivity contribution >= 4 is 28.7 Å². The molecule has 7 heteroatoms. The zero-order chi connectivity index (χ0) is 23.6. The summed E-state index contributed by atoms with van der Waals surface area (Å²) in [7, 11) is 1.38. The van der Waals surface area contributed by atoms with Gasteiger partial charge in [-0.15, -0.1) is 0 Å². The quantitative estimate of drug-likeness (QED) is 0.532. The number of pyridine rings is 1. The summed E-state index contributed by atoms with van der Waals surface area (Å²) in [6.07, 6.45) is 6.49. The SMILES string of the molecule is COC(=O)c1ccc(Cn2ccc3cc(C4=CCN(C(=O)OC(C)(C)C)CC4)cnc32)cc1. The molecule has 4 rings (SSSR count). The van der Waals surface area contributed by atoms with E-state index in [-0.39, 0.29) is 12.1 Å². The minimum atomic E-state index is -0.493. The molecule has 0 saturated heterocycles. The van der Waals surface area contributed by atoms with Crippen molar-refractivity contribution < 1.29 is 19.1 Å². The molecule has 0 saturated carbocycles. The van der Waals surface area contributed by atoms with Gasteiger partial charge < -0.3 is 18.9 Å². The van der Waals surface area contributed by atoms with Gasteiger partial charge in [0.2, 0.25) is 0 Å². The molecule has 0 aliphatic carbocycles. The van der Waals surface area contributed by atoms with Gasteiger partial charge in [0.05, 0.1) is 12.7 Å². The van der Waals surface area contributed by atoms with E-state index in [1.807, 2.05) is 45.3 Å². The molecule has 172 valence electrons. The van der Waals surface area contributed by atoms with E-state index in [0.717, 1.165) is 28.6 Å². The number of hydrogen-bond acceptors (Lipinski definition) is 5. The molecule has 0 bridgehead atoms. The molecule has 0 fully saturated rings. The van der Waals surface area contributed by atoms with Crippen molar-refractivity contribution in [2.75, 3.05) is 20.2 Å². The average molecular weight is 448 g/mol. The molecule has 1 aliphatic heterocycles. The van der Waals surface area contributed by atoms with E-state index in [9.17, 15) is 9.59 Å². The predicted octanol–water partition coefficient (Wildman–Crippen LogP) is 4.90. The van der Waals surface area contributed by atoms with Crippen LogP contribution in [-0.2, 0) is 16.0 Å². The van der Waals surface area contributed by atoms with Gasteiger partial charge in [-0.1, -0.05) is 18.2 Å². The molecule has 7 nitrogen and oxygen atoms in total.